The fourth-order valence-electron chi connectivity index (χ4n) is 3.02. The zero-order valence-electron chi connectivity index (χ0n) is 14.3. The van der Waals surface area contributed by atoms with Gasteiger partial charge in [0.1, 0.15) is 0 Å². The minimum absolute atomic E-state index is 0.170. The molecule has 22 heavy (non-hydrogen) atoms. The molecule has 0 spiro atoms. The summed E-state index contributed by atoms with van der Waals surface area (Å²) in [5.74, 6) is -0.923. The zero-order chi connectivity index (χ0) is 16.0. The molecule has 0 bridgehead atoms. The molecule has 0 saturated heterocycles. The lowest BCUT2D eigenvalue weighted by molar-refractivity contribution is -0.139. The minimum atomic E-state index is -0.473. The molecule has 0 atom stereocenters. The van der Waals surface area contributed by atoms with Gasteiger partial charge in [0.05, 0.1) is 0 Å². The summed E-state index contributed by atoms with van der Waals surface area (Å²) in [5, 5.41) is 5.64. The Labute approximate surface area is 135 Å². The van der Waals surface area contributed by atoms with Gasteiger partial charge in [-0.15, -0.1) is 0 Å². The molecule has 0 aliphatic heterocycles. The van der Waals surface area contributed by atoms with Gasteiger partial charge >= 0.3 is 11.8 Å². The SMILES string of the molecule is CCCCNC(=O)C(=O)NC1CCCCCCCCCCC1. The van der Waals surface area contributed by atoms with Crippen molar-refractivity contribution >= 4 is 11.8 Å². The van der Waals surface area contributed by atoms with Crippen molar-refractivity contribution in [3.63, 3.8) is 0 Å². The molecule has 1 aliphatic rings. The molecule has 1 fully saturated rings. The quantitative estimate of drug-likeness (QED) is 0.614. The van der Waals surface area contributed by atoms with Gasteiger partial charge in [-0.25, -0.2) is 0 Å². The van der Waals surface area contributed by atoms with Gasteiger partial charge in [-0.2, -0.15) is 0 Å². The lowest BCUT2D eigenvalue weighted by Crippen LogP contribution is -2.44. The number of rotatable bonds is 4. The van der Waals surface area contributed by atoms with Gasteiger partial charge in [-0.3, -0.25) is 9.59 Å². The summed E-state index contributed by atoms with van der Waals surface area (Å²) >= 11 is 0. The lowest BCUT2D eigenvalue weighted by Gasteiger charge is -2.19. The summed E-state index contributed by atoms with van der Waals surface area (Å²) in [6, 6.07) is 0.170. The zero-order valence-corrected chi connectivity index (χ0v) is 14.3. The lowest BCUT2D eigenvalue weighted by atomic mass is 9.98. The maximum Gasteiger partial charge on any atom is 0.309 e. The first-order valence-corrected chi connectivity index (χ1v) is 9.32. The second-order valence-electron chi connectivity index (χ2n) is 6.54. The first kappa shape index (κ1) is 19.0. The molecule has 4 heteroatoms. The van der Waals surface area contributed by atoms with Crippen LogP contribution in [0.5, 0.6) is 0 Å². The van der Waals surface area contributed by atoms with E-state index in [0.717, 1.165) is 38.5 Å². The Balaban J connectivity index is 2.34. The average Bonchev–Trinajstić information content (AvgIpc) is 2.50. The van der Waals surface area contributed by atoms with Crippen LogP contribution in [-0.4, -0.2) is 24.4 Å². The van der Waals surface area contributed by atoms with E-state index < -0.39 is 11.8 Å². The summed E-state index contributed by atoms with van der Waals surface area (Å²) in [5.41, 5.74) is 0. The number of hydrogen-bond acceptors (Lipinski definition) is 2. The van der Waals surface area contributed by atoms with Crippen LogP contribution in [0, 0.1) is 0 Å². The summed E-state index contributed by atoms with van der Waals surface area (Å²) < 4.78 is 0. The number of amides is 2. The van der Waals surface area contributed by atoms with Crippen molar-refractivity contribution in [2.75, 3.05) is 6.54 Å². The molecule has 0 aromatic rings. The standard InChI is InChI=1S/C18H34N2O2/c1-2-3-15-19-17(21)18(22)20-16-13-11-9-7-5-4-6-8-10-12-14-16/h16H,2-15H2,1H3,(H,19,21)(H,20,22). The molecule has 0 radical (unpaired) electrons. The van der Waals surface area contributed by atoms with Crippen LogP contribution in [0.4, 0.5) is 0 Å². The highest BCUT2D eigenvalue weighted by atomic mass is 16.2. The number of unbranched alkanes of at least 4 members (excludes halogenated alkanes) is 1. The number of hydrogen-bond donors (Lipinski definition) is 2. The molecule has 0 aromatic heterocycles. The van der Waals surface area contributed by atoms with Gasteiger partial charge in [-0.05, 0) is 19.3 Å². The largest absolute Gasteiger partial charge is 0.348 e. The second-order valence-corrected chi connectivity index (χ2v) is 6.54. The van der Waals surface area contributed by atoms with E-state index >= 15 is 0 Å². The van der Waals surface area contributed by atoms with Crippen LogP contribution in [0.1, 0.15) is 90.4 Å². The predicted octanol–water partition coefficient (Wildman–Crippen LogP) is 3.69. The van der Waals surface area contributed by atoms with Gasteiger partial charge < -0.3 is 10.6 Å². The number of carbonyl (C=O) groups is 2. The van der Waals surface area contributed by atoms with Crippen molar-refractivity contribution in [1.82, 2.24) is 10.6 Å². The van der Waals surface area contributed by atoms with E-state index in [1.165, 1.54) is 44.9 Å². The molecule has 0 heterocycles. The maximum atomic E-state index is 12.0. The van der Waals surface area contributed by atoms with Gasteiger partial charge in [0.15, 0.2) is 0 Å². The molecule has 0 unspecified atom stereocenters. The fraction of sp³-hybridized carbons (Fsp3) is 0.889. The Hall–Kier alpha value is -1.06. The molecule has 128 valence electrons. The van der Waals surface area contributed by atoms with Crippen molar-refractivity contribution in [2.24, 2.45) is 0 Å². The second kappa shape index (κ2) is 12.5. The Morgan fingerprint density at radius 2 is 1.32 bits per heavy atom. The van der Waals surface area contributed by atoms with Crippen molar-refractivity contribution < 1.29 is 9.59 Å². The van der Waals surface area contributed by atoms with Crippen LogP contribution in [0.15, 0.2) is 0 Å². The molecule has 1 aliphatic carbocycles. The van der Waals surface area contributed by atoms with Crippen LogP contribution in [0.3, 0.4) is 0 Å². The van der Waals surface area contributed by atoms with Crippen LogP contribution >= 0.6 is 0 Å². The Morgan fingerprint density at radius 3 is 1.82 bits per heavy atom. The monoisotopic (exact) mass is 310 g/mol. The maximum absolute atomic E-state index is 12.0. The number of carbonyl (C=O) groups excluding carboxylic acids is 2. The molecule has 1 rings (SSSR count). The van der Waals surface area contributed by atoms with E-state index in [0.29, 0.717) is 6.54 Å². The Bertz CT molecular complexity index is 306. The Morgan fingerprint density at radius 1 is 0.818 bits per heavy atom. The molecular weight excluding hydrogens is 276 g/mol. The van der Waals surface area contributed by atoms with Crippen LogP contribution in [-0.2, 0) is 9.59 Å². The summed E-state index contributed by atoms with van der Waals surface area (Å²) in [7, 11) is 0. The molecule has 2 amide bonds. The highest BCUT2D eigenvalue weighted by Gasteiger charge is 2.18. The third-order valence-corrected chi connectivity index (χ3v) is 4.46. The van der Waals surface area contributed by atoms with E-state index in [4.69, 9.17) is 0 Å². The van der Waals surface area contributed by atoms with Crippen LogP contribution in [0.2, 0.25) is 0 Å². The average molecular weight is 310 g/mol. The third kappa shape index (κ3) is 9.06. The van der Waals surface area contributed by atoms with Gasteiger partial charge in [-0.1, -0.05) is 71.1 Å². The van der Waals surface area contributed by atoms with E-state index in [-0.39, 0.29) is 6.04 Å². The van der Waals surface area contributed by atoms with E-state index in [1.54, 1.807) is 0 Å². The molecule has 4 nitrogen and oxygen atoms in total. The van der Waals surface area contributed by atoms with Crippen molar-refractivity contribution in [1.29, 1.82) is 0 Å². The van der Waals surface area contributed by atoms with Crippen molar-refractivity contribution in [3.8, 4) is 0 Å². The van der Waals surface area contributed by atoms with Crippen molar-refractivity contribution in [3.05, 3.63) is 0 Å². The number of nitrogens with one attached hydrogen (secondary N) is 2. The first-order valence-electron chi connectivity index (χ1n) is 9.32. The Kier molecular flexibility index (Phi) is 10.8. The van der Waals surface area contributed by atoms with Crippen LogP contribution in [0.25, 0.3) is 0 Å². The smallest absolute Gasteiger partial charge is 0.309 e. The van der Waals surface area contributed by atoms with E-state index in [9.17, 15) is 9.59 Å². The van der Waals surface area contributed by atoms with Gasteiger partial charge in [0.2, 0.25) is 0 Å². The highest BCUT2D eigenvalue weighted by Crippen LogP contribution is 2.16. The molecule has 0 aromatic carbocycles. The van der Waals surface area contributed by atoms with E-state index in [2.05, 4.69) is 17.6 Å². The topological polar surface area (TPSA) is 58.2 Å². The highest BCUT2D eigenvalue weighted by molar-refractivity contribution is 6.35. The summed E-state index contributed by atoms with van der Waals surface area (Å²) in [6.07, 6.45) is 15.4. The molecule has 1 saturated carbocycles. The first-order chi connectivity index (χ1) is 10.7. The fourth-order valence-corrected chi connectivity index (χ4v) is 3.02. The van der Waals surface area contributed by atoms with Crippen LogP contribution < -0.4 is 10.6 Å². The molecular formula is C18H34N2O2. The summed E-state index contributed by atoms with van der Waals surface area (Å²) in [4.78, 5) is 23.7. The van der Waals surface area contributed by atoms with Gasteiger partial charge in [0, 0.05) is 12.6 Å². The molecule has 2 N–H and O–H groups in total. The van der Waals surface area contributed by atoms with E-state index in [1.807, 2.05) is 0 Å². The van der Waals surface area contributed by atoms with Crippen molar-refractivity contribution in [2.45, 2.75) is 96.4 Å². The summed E-state index contributed by atoms with van der Waals surface area (Å²) in [6.45, 7) is 2.66. The predicted molar refractivity (Wildman–Crippen MR) is 90.6 cm³/mol. The van der Waals surface area contributed by atoms with Gasteiger partial charge in [0.25, 0.3) is 0 Å². The minimum Gasteiger partial charge on any atom is -0.348 e. The normalized spacial score (nSPS) is 18.8. The third-order valence-electron chi connectivity index (χ3n) is 4.46.